The first-order valence-electron chi connectivity index (χ1n) is 3.07. The van der Waals surface area contributed by atoms with Crippen LogP contribution in [-0.2, 0) is 4.74 Å². The maximum atomic E-state index is 5.08. The SMILES string of the molecule is C=CCC(C)C1CO1. The standard InChI is InChI=1S/C7H12O/c1-3-4-6(2)7-5-8-7/h3,6-7H,1,4-5H2,2H3. The van der Waals surface area contributed by atoms with Gasteiger partial charge in [0.25, 0.3) is 0 Å². The van der Waals surface area contributed by atoms with Crippen LogP contribution in [0.25, 0.3) is 0 Å². The zero-order valence-electron chi connectivity index (χ0n) is 5.26. The summed E-state index contributed by atoms with van der Waals surface area (Å²) in [6.07, 6.45) is 3.59. The minimum atomic E-state index is 0.549. The molecular formula is C7H12O. The Labute approximate surface area is 50.3 Å². The second kappa shape index (κ2) is 2.31. The van der Waals surface area contributed by atoms with Crippen molar-refractivity contribution < 1.29 is 4.74 Å². The summed E-state index contributed by atoms with van der Waals surface area (Å²) >= 11 is 0. The summed E-state index contributed by atoms with van der Waals surface area (Å²) in [6.45, 7) is 6.82. The number of epoxide rings is 1. The van der Waals surface area contributed by atoms with Gasteiger partial charge in [-0.15, -0.1) is 6.58 Å². The van der Waals surface area contributed by atoms with E-state index in [1.165, 1.54) is 0 Å². The van der Waals surface area contributed by atoms with Crippen molar-refractivity contribution in [2.24, 2.45) is 5.92 Å². The van der Waals surface area contributed by atoms with Crippen LogP contribution in [-0.4, -0.2) is 12.7 Å². The highest BCUT2D eigenvalue weighted by Crippen LogP contribution is 2.22. The average Bonchev–Trinajstić information content (AvgIpc) is 2.45. The maximum absolute atomic E-state index is 5.08. The third-order valence-corrected chi connectivity index (χ3v) is 1.53. The number of hydrogen-bond donors (Lipinski definition) is 0. The van der Waals surface area contributed by atoms with Crippen LogP contribution in [0.5, 0.6) is 0 Å². The molecule has 1 fully saturated rings. The first-order valence-corrected chi connectivity index (χ1v) is 3.07. The minimum Gasteiger partial charge on any atom is -0.373 e. The van der Waals surface area contributed by atoms with Crippen molar-refractivity contribution in [2.75, 3.05) is 6.61 Å². The molecule has 0 aromatic carbocycles. The lowest BCUT2D eigenvalue weighted by Gasteiger charge is -2.00. The molecule has 1 saturated heterocycles. The third-order valence-electron chi connectivity index (χ3n) is 1.53. The highest BCUT2D eigenvalue weighted by molar-refractivity contribution is 4.81. The van der Waals surface area contributed by atoms with Gasteiger partial charge in [0.1, 0.15) is 0 Å². The molecule has 1 nitrogen and oxygen atoms in total. The van der Waals surface area contributed by atoms with Crippen LogP contribution in [0.3, 0.4) is 0 Å². The van der Waals surface area contributed by atoms with Gasteiger partial charge in [0.15, 0.2) is 0 Å². The summed E-state index contributed by atoms with van der Waals surface area (Å²) in [5, 5.41) is 0. The highest BCUT2D eigenvalue weighted by atomic mass is 16.6. The Morgan fingerprint density at radius 2 is 2.62 bits per heavy atom. The Morgan fingerprint density at radius 1 is 2.00 bits per heavy atom. The van der Waals surface area contributed by atoms with Crippen LogP contribution in [0.15, 0.2) is 12.7 Å². The quantitative estimate of drug-likeness (QED) is 0.399. The number of hydrogen-bond acceptors (Lipinski definition) is 1. The molecule has 1 heteroatoms. The minimum absolute atomic E-state index is 0.549. The van der Waals surface area contributed by atoms with Gasteiger partial charge < -0.3 is 4.74 Å². The number of allylic oxidation sites excluding steroid dienone is 1. The van der Waals surface area contributed by atoms with E-state index in [1.54, 1.807) is 0 Å². The molecule has 0 aromatic heterocycles. The van der Waals surface area contributed by atoms with Crippen LogP contribution in [0, 0.1) is 5.92 Å². The lowest BCUT2D eigenvalue weighted by molar-refractivity contribution is 0.344. The molecule has 0 radical (unpaired) electrons. The summed E-state index contributed by atoms with van der Waals surface area (Å²) in [6, 6.07) is 0. The summed E-state index contributed by atoms with van der Waals surface area (Å²) in [5.74, 6) is 0.687. The average molecular weight is 112 g/mol. The van der Waals surface area contributed by atoms with E-state index >= 15 is 0 Å². The summed E-state index contributed by atoms with van der Waals surface area (Å²) in [4.78, 5) is 0. The summed E-state index contributed by atoms with van der Waals surface area (Å²) < 4.78 is 5.08. The van der Waals surface area contributed by atoms with Gasteiger partial charge in [-0.25, -0.2) is 0 Å². The predicted molar refractivity (Wildman–Crippen MR) is 33.7 cm³/mol. The van der Waals surface area contributed by atoms with E-state index in [4.69, 9.17) is 4.74 Å². The van der Waals surface area contributed by atoms with E-state index in [9.17, 15) is 0 Å². The van der Waals surface area contributed by atoms with Gasteiger partial charge in [0.2, 0.25) is 0 Å². The van der Waals surface area contributed by atoms with Crippen LogP contribution >= 0.6 is 0 Å². The van der Waals surface area contributed by atoms with Crippen molar-refractivity contribution >= 4 is 0 Å². The van der Waals surface area contributed by atoms with Gasteiger partial charge in [-0.3, -0.25) is 0 Å². The topological polar surface area (TPSA) is 12.5 Å². The van der Waals surface area contributed by atoms with Crippen LogP contribution in [0.2, 0.25) is 0 Å². The summed E-state index contributed by atoms with van der Waals surface area (Å²) in [5.41, 5.74) is 0. The van der Waals surface area contributed by atoms with Gasteiger partial charge in [-0.05, 0) is 12.3 Å². The lowest BCUT2D eigenvalue weighted by atomic mass is 10.1. The Kier molecular flexibility index (Phi) is 1.69. The Morgan fingerprint density at radius 3 is 3.00 bits per heavy atom. The van der Waals surface area contributed by atoms with Crippen molar-refractivity contribution in [1.29, 1.82) is 0 Å². The van der Waals surface area contributed by atoms with Crippen molar-refractivity contribution in [3.05, 3.63) is 12.7 Å². The normalized spacial score (nSPS) is 29.4. The molecule has 2 unspecified atom stereocenters. The first kappa shape index (κ1) is 5.83. The molecule has 1 aliphatic heterocycles. The highest BCUT2D eigenvalue weighted by Gasteiger charge is 2.27. The maximum Gasteiger partial charge on any atom is 0.0838 e. The van der Waals surface area contributed by atoms with E-state index in [2.05, 4.69) is 13.5 Å². The van der Waals surface area contributed by atoms with Crippen molar-refractivity contribution in [3.63, 3.8) is 0 Å². The monoisotopic (exact) mass is 112 g/mol. The predicted octanol–water partition coefficient (Wildman–Crippen LogP) is 1.60. The van der Waals surface area contributed by atoms with Gasteiger partial charge in [0, 0.05) is 0 Å². The smallest absolute Gasteiger partial charge is 0.0838 e. The zero-order valence-corrected chi connectivity index (χ0v) is 5.26. The van der Waals surface area contributed by atoms with Gasteiger partial charge >= 0.3 is 0 Å². The second-order valence-electron chi connectivity index (χ2n) is 2.37. The van der Waals surface area contributed by atoms with E-state index in [-0.39, 0.29) is 0 Å². The van der Waals surface area contributed by atoms with Gasteiger partial charge in [-0.2, -0.15) is 0 Å². The molecule has 1 rings (SSSR count). The van der Waals surface area contributed by atoms with E-state index in [0.717, 1.165) is 13.0 Å². The van der Waals surface area contributed by atoms with Crippen molar-refractivity contribution in [2.45, 2.75) is 19.4 Å². The fourth-order valence-corrected chi connectivity index (χ4v) is 0.799. The first-order chi connectivity index (χ1) is 3.84. The molecule has 2 atom stereocenters. The van der Waals surface area contributed by atoms with Crippen LogP contribution < -0.4 is 0 Å². The lowest BCUT2D eigenvalue weighted by Crippen LogP contribution is -2.00. The van der Waals surface area contributed by atoms with E-state index in [0.29, 0.717) is 12.0 Å². The Balaban J connectivity index is 2.12. The molecule has 0 aromatic rings. The Bertz CT molecular complexity index is 84.4. The Hall–Kier alpha value is -0.300. The van der Waals surface area contributed by atoms with E-state index in [1.807, 2.05) is 6.08 Å². The molecule has 0 bridgehead atoms. The molecule has 0 spiro atoms. The molecule has 1 heterocycles. The molecule has 0 saturated carbocycles. The second-order valence-corrected chi connectivity index (χ2v) is 2.37. The molecule has 0 aliphatic carbocycles. The third kappa shape index (κ3) is 1.34. The molecule has 0 amide bonds. The molecule has 46 valence electrons. The number of rotatable bonds is 3. The zero-order chi connectivity index (χ0) is 5.98. The molecule has 8 heavy (non-hydrogen) atoms. The fourth-order valence-electron chi connectivity index (χ4n) is 0.799. The van der Waals surface area contributed by atoms with Crippen molar-refractivity contribution in [1.82, 2.24) is 0 Å². The fraction of sp³-hybridized carbons (Fsp3) is 0.714. The van der Waals surface area contributed by atoms with Crippen molar-refractivity contribution in [3.8, 4) is 0 Å². The van der Waals surface area contributed by atoms with Crippen LogP contribution in [0.1, 0.15) is 13.3 Å². The molecular weight excluding hydrogens is 100 g/mol. The number of ether oxygens (including phenoxy) is 1. The van der Waals surface area contributed by atoms with Gasteiger partial charge in [0.05, 0.1) is 12.7 Å². The largest absolute Gasteiger partial charge is 0.373 e. The molecule has 1 aliphatic rings. The van der Waals surface area contributed by atoms with Crippen LogP contribution in [0.4, 0.5) is 0 Å². The summed E-state index contributed by atoms with van der Waals surface area (Å²) in [7, 11) is 0. The van der Waals surface area contributed by atoms with Gasteiger partial charge in [-0.1, -0.05) is 13.0 Å². The molecule has 0 N–H and O–H groups in total. The van der Waals surface area contributed by atoms with E-state index < -0.39 is 0 Å².